The van der Waals surface area contributed by atoms with Gasteiger partial charge in [-0.05, 0) is 36.6 Å². The van der Waals surface area contributed by atoms with E-state index in [1.807, 2.05) is 12.1 Å². The average molecular weight is 284 g/mol. The first-order valence-electron chi connectivity index (χ1n) is 5.87. The van der Waals surface area contributed by atoms with Gasteiger partial charge < -0.3 is 10.8 Å². The van der Waals surface area contributed by atoms with Gasteiger partial charge in [0, 0.05) is 16.4 Å². The van der Waals surface area contributed by atoms with Crippen LogP contribution in [-0.4, -0.2) is 11.7 Å². The van der Waals surface area contributed by atoms with Crippen LogP contribution in [0.2, 0.25) is 0 Å². The molecule has 0 amide bonds. The molecule has 0 unspecified atom stereocenters. The van der Waals surface area contributed by atoms with E-state index in [1.165, 1.54) is 24.8 Å². The van der Waals surface area contributed by atoms with Crippen molar-refractivity contribution in [3.05, 3.63) is 28.2 Å². The highest BCUT2D eigenvalue weighted by Crippen LogP contribution is 2.42. The number of phenolic OH excluding ortho intramolecular Hbond substituents is 1. The van der Waals surface area contributed by atoms with E-state index in [0.717, 1.165) is 17.3 Å². The van der Waals surface area contributed by atoms with Crippen molar-refractivity contribution >= 4 is 15.9 Å². The van der Waals surface area contributed by atoms with E-state index in [-0.39, 0.29) is 5.41 Å². The lowest BCUT2D eigenvalue weighted by atomic mass is 9.69. The highest BCUT2D eigenvalue weighted by Gasteiger charge is 2.34. The highest BCUT2D eigenvalue weighted by atomic mass is 79.9. The zero-order chi connectivity index (χ0) is 11.6. The lowest BCUT2D eigenvalue weighted by Gasteiger charge is -2.37. The molecule has 0 aromatic heterocycles. The number of phenols is 1. The van der Waals surface area contributed by atoms with Crippen LogP contribution in [0.3, 0.4) is 0 Å². The van der Waals surface area contributed by atoms with Crippen molar-refractivity contribution in [1.82, 2.24) is 0 Å². The Morgan fingerprint density at radius 1 is 1.25 bits per heavy atom. The fourth-order valence-corrected chi connectivity index (χ4v) is 3.40. The molecule has 1 aromatic carbocycles. The molecule has 16 heavy (non-hydrogen) atoms. The van der Waals surface area contributed by atoms with Crippen LogP contribution in [0.5, 0.6) is 5.75 Å². The molecule has 0 heterocycles. The molecule has 1 aromatic rings. The van der Waals surface area contributed by atoms with E-state index in [1.54, 1.807) is 6.07 Å². The van der Waals surface area contributed by atoms with Gasteiger partial charge in [0.25, 0.3) is 0 Å². The number of benzene rings is 1. The molecule has 1 aliphatic carbocycles. The van der Waals surface area contributed by atoms with Gasteiger partial charge >= 0.3 is 0 Å². The summed E-state index contributed by atoms with van der Waals surface area (Å²) in [4.78, 5) is 0. The molecule has 0 bridgehead atoms. The summed E-state index contributed by atoms with van der Waals surface area (Å²) in [6.07, 6.45) is 6.04. The first-order valence-corrected chi connectivity index (χ1v) is 6.66. The van der Waals surface area contributed by atoms with Crippen LogP contribution in [0.4, 0.5) is 0 Å². The summed E-state index contributed by atoms with van der Waals surface area (Å²) in [7, 11) is 0. The Labute approximate surface area is 105 Å². The molecule has 0 saturated heterocycles. The van der Waals surface area contributed by atoms with Gasteiger partial charge in [0.05, 0.1) is 0 Å². The van der Waals surface area contributed by atoms with E-state index >= 15 is 0 Å². The van der Waals surface area contributed by atoms with E-state index in [4.69, 9.17) is 5.73 Å². The van der Waals surface area contributed by atoms with Gasteiger partial charge in [-0.15, -0.1) is 0 Å². The second-order valence-corrected chi connectivity index (χ2v) is 5.56. The summed E-state index contributed by atoms with van der Waals surface area (Å²) >= 11 is 3.58. The molecule has 1 fully saturated rings. The number of hydrogen-bond donors (Lipinski definition) is 2. The van der Waals surface area contributed by atoms with Crippen LogP contribution in [0.1, 0.15) is 37.7 Å². The Morgan fingerprint density at radius 2 is 1.94 bits per heavy atom. The molecule has 0 spiro atoms. The Balaban J connectivity index is 2.42. The van der Waals surface area contributed by atoms with Gasteiger partial charge in [-0.1, -0.05) is 35.2 Å². The first kappa shape index (κ1) is 11.9. The van der Waals surface area contributed by atoms with Crippen molar-refractivity contribution in [3.8, 4) is 5.75 Å². The van der Waals surface area contributed by atoms with Gasteiger partial charge in [0.2, 0.25) is 0 Å². The molecule has 2 rings (SSSR count). The Morgan fingerprint density at radius 3 is 2.56 bits per heavy atom. The van der Waals surface area contributed by atoms with Crippen LogP contribution in [-0.2, 0) is 5.41 Å². The third kappa shape index (κ3) is 2.11. The minimum atomic E-state index is 0.0653. The van der Waals surface area contributed by atoms with Gasteiger partial charge in [0.15, 0.2) is 0 Å². The van der Waals surface area contributed by atoms with E-state index in [0.29, 0.717) is 12.3 Å². The molecule has 1 saturated carbocycles. The Bertz CT molecular complexity index is 372. The summed E-state index contributed by atoms with van der Waals surface area (Å²) in [5, 5.41) is 9.62. The van der Waals surface area contributed by atoms with Crippen LogP contribution < -0.4 is 5.73 Å². The van der Waals surface area contributed by atoms with Crippen molar-refractivity contribution in [2.45, 2.75) is 37.5 Å². The first-order chi connectivity index (χ1) is 7.68. The third-order valence-corrected chi connectivity index (χ3v) is 4.41. The van der Waals surface area contributed by atoms with Gasteiger partial charge in [-0.25, -0.2) is 0 Å². The van der Waals surface area contributed by atoms with Crippen LogP contribution >= 0.6 is 15.9 Å². The molecule has 0 atom stereocenters. The zero-order valence-electron chi connectivity index (χ0n) is 9.38. The van der Waals surface area contributed by atoms with Gasteiger partial charge in [0.1, 0.15) is 5.75 Å². The maximum Gasteiger partial charge on any atom is 0.115 e. The lowest BCUT2D eigenvalue weighted by Crippen LogP contribution is -2.37. The smallest absolute Gasteiger partial charge is 0.115 e. The Hall–Kier alpha value is -0.540. The Kier molecular flexibility index (Phi) is 3.55. The molecule has 3 heteroatoms. The molecule has 1 aliphatic rings. The summed E-state index contributed by atoms with van der Waals surface area (Å²) in [5.41, 5.74) is 7.23. The zero-order valence-corrected chi connectivity index (χ0v) is 11.0. The highest BCUT2D eigenvalue weighted by molar-refractivity contribution is 9.10. The largest absolute Gasteiger partial charge is 0.508 e. The second-order valence-electron chi connectivity index (χ2n) is 4.71. The summed E-state index contributed by atoms with van der Waals surface area (Å²) in [6.45, 7) is 0.662. The number of nitrogens with two attached hydrogens (primary N) is 1. The van der Waals surface area contributed by atoms with E-state index in [9.17, 15) is 5.11 Å². The maximum absolute atomic E-state index is 9.62. The third-order valence-electron chi connectivity index (χ3n) is 3.72. The van der Waals surface area contributed by atoms with Crippen LogP contribution in [0, 0.1) is 0 Å². The number of hydrogen-bond acceptors (Lipinski definition) is 2. The molecule has 3 N–H and O–H groups in total. The van der Waals surface area contributed by atoms with E-state index in [2.05, 4.69) is 15.9 Å². The minimum absolute atomic E-state index is 0.0653. The van der Waals surface area contributed by atoms with Gasteiger partial charge in [-0.2, -0.15) is 0 Å². The molecular weight excluding hydrogens is 266 g/mol. The molecule has 0 aliphatic heterocycles. The monoisotopic (exact) mass is 283 g/mol. The number of aromatic hydroxyl groups is 1. The average Bonchev–Trinajstić information content (AvgIpc) is 2.33. The van der Waals surface area contributed by atoms with Crippen molar-refractivity contribution in [2.75, 3.05) is 6.54 Å². The topological polar surface area (TPSA) is 46.2 Å². The normalized spacial score (nSPS) is 19.6. The summed E-state index contributed by atoms with van der Waals surface area (Å²) < 4.78 is 1.07. The molecule has 0 radical (unpaired) electrons. The van der Waals surface area contributed by atoms with Crippen molar-refractivity contribution in [3.63, 3.8) is 0 Å². The predicted octanol–water partition coefficient (Wildman–Crippen LogP) is 3.32. The SMILES string of the molecule is NCC1(c2cc(O)ccc2Br)CCCCC1. The summed E-state index contributed by atoms with van der Waals surface area (Å²) in [5.74, 6) is 0.330. The van der Waals surface area contributed by atoms with Crippen molar-refractivity contribution < 1.29 is 5.11 Å². The number of rotatable bonds is 2. The summed E-state index contributed by atoms with van der Waals surface area (Å²) in [6, 6.07) is 5.49. The lowest BCUT2D eigenvalue weighted by molar-refractivity contribution is 0.298. The quantitative estimate of drug-likeness (QED) is 0.875. The molecule has 88 valence electrons. The fraction of sp³-hybridized carbons (Fsp3) is 0.538. The molecule has 2 nitrogen and oxygen atoms in total. The van der Waals surface area contributed by atoms with Crippen molar-refractivity contribution in [1.29, 1.82) is 0 Å². The van der Waals surface area contributed by atoms with Crippen LogP contribution in [0.15, 0.2) is 22.7 Å². The van der Waals surface area contributed by atoms with E-state index < -0.39 is 0 Å². The number of halogens is 1. The fourth-order valence-electron chi connectivity index (χ4n) is 2.73. The maximum atomic E-state index is 9.62. The van der Waals surface area contributed by atoms with Crippen molar-refractivity contribution in [2.24, 2.45) is 5.73 Å². The standard InChI is InChI=1S/C13H18BrNO/c14-12-5-4-10(16)8-11(12)13(9-15)6-2-1-3-7-13/h4-5,8,16H,1-3,6-7,9,15H2. The minimum Gasteiger partial charge on any atom is -0.508 e. The van der Waals surface area contributed by atoms with Crippen LogP contribution in [0.25, 0.3) is 0 Å². The van der Waals surface area contributed by atoms with Gasteiger partial charge in [-0.3, -0.25) is 0 Å². The molecular formula is C13H18BrNO. The predicted molar refractivity (Wildman–Crippen MR) is 69.6 cm³/mol. The second kappa shape index (κ2) is 4.76.